The van der Waals surface area contributed by atoms with Gasteiger partial charge in [-0.05, 0) is 121 Å². The minimum Gasteiger partial charge on any atom is -0.366 e. The summed E-state index contributed by atoms with van der Waals surface area (Å²) in [6, 6.07) is 12.7. The van der Waals surface area contributed by atoms with Crippen molar-refractivity contribution in [3.05, 3.63) is 109 Å². The maximum atomic E-state index is 12.0. The van der Waals surface area contributed by atoms with Crippen molar-refractivity contribution >= 4 is 83.7 Å². The number of unbranched alkanes of at least 4 members (excludes halogenated alkanes) is 1. The number of aromatic nitrogens is 4. The van der Waals surface area contributed by atoms with E-state index in [4.69, 9.17) is 51.6 Å². The van der Waals surface area contributed by atoms with Crippen LogP contribution in [0.4, 0.5) is 49.9 Å². The fourth-order valence-corrected chi connectivity index (χ4v) is 7.69. The molecule has 31 nitrogen and oxygen atoms in total. The van der Waals surface area contributed by atoms with E-state index < -0.39 is 26.0 Å². The third-order valence-electron chi connectivity index (χ3n) is 12.0. The summed E-state index contributed by atoms with van der Waals surface area (Å²) in [6.45, 7) is 29.0. The molecule has 0 atom stereocenters. The van der Waals surface area contributed by atoms with E-state index in [1.54, 1.807) is 46.2 Å². The summed E-state index contributed by atoms with van der Waals surface area (Å²) >= 11 is 5.43. The van der Waals surface area contributed by atoms with Gasteiger partial charge >= 0.3 is 58.5 Å². The molecule has 5 saturated heterocycles. The van der Waals surface area contributed by atoms with Gasteiger partial charge in [-0.3, -0.25) is 0 Å². The number of hydrogen-bond donors (Lipinski definition) is 7. The number of carbonyl (C=O) groups is 2. The van der Waals surface area contributed by atoms with Crippen LogP contribution in [-0.2, 0) is 18.9 Å². The number of carbonyl (C=O) groups excluding carboxylic acids is 2. The van der Waals surface area contributed by atoms with Gasteiger partial charge in [0.2, 0.25) is 0 Å². The summed E-state index contributed by atoms with van der Waals surface area (Å²) in [5.74, 6) is 1.79. The Morgan fingerprint density at radius 3 is 1.22 bits per heavy atom. The van der Waals surface area contributed by atoms with Gasteiger partial charge in [-0.25, -0.2) is 14.6 Å². The largest absolute Gasteiger partial charge is 0.366 e. The number of nitrogens with two attached hydrogens (primary N) is 1. The first-order valence-corrected chi connectivity index (χ1v) is 29.5. The van der Waals surface area contributed by atoms with Crippen molar-refractivity contribution in [2.75, 3.05) is 152 Å². The van der Waals surface area contributed by atoms with Crippen LogP contribution >= 0.6 is 24.0 Å². The second-order valence-corrected chi connectivity index (χ2v) is 21.6. The molecule has 0 radical (unpaired) electrons. The molecule has 8 N–H and O–H groups in total. The first-order valence-electron chi connectivity index (χ1n) is 29.1. The molecule has 5 fully saturated rings. The zero-order valence-electron chi connectivity index (χ0n) is 53.2. The molecular formula is C59H99BCl2N16O15. The van der Waals surface area contributed by atoms with E-state index in [0.29, 0.717) is 63.9 Å². The topological polar surface area (TPSA) is 399 Å². The average molecular weight is 1350 g/mol. The van der Waals surface area contributed by atoms with Crippen molar-refractivity contribution in [1.29, 1.82) is 0 Å². The van der Waals surface area contributed by atoms with Crippen molar-refractivity contribution in [3.63, 3.8) is 0 Å². The van der Waals surface area contributed by atoms with Gasteiger partial charge in [0, 0.05) is 150 Å². The number of nitro groups is 3. The summed E-state index contributed by atoms with van der Waals surface area (Å²) < 4.78 is 24.7. The van der Waals surface area contributed by atoms with E-state index in [1.807, 2.05) is 52.5 Å². The summed E-state index contributed by atoms with van der Waals surface area (Å²) in [7, 11) is 1.32. The number of halogens is 2. The number of nitrogen functional groups attached to an aromatic ring is 1. The molecular weight excluding hydrogens is 1250 g/mol. The zero-order chi connectivity index (χ0) is 67.3. The molecule has 0 saturated carbocycles. The van der Waals surface area contributed by atoms with Crippen LogP contribution in [0.5, 0.6) is 0 Å². The maximum absolute atomic E-state index is 12.0. The molecule has 0 aliphatic carbocycles. The van der Waals surface area contributed by atoms with E-state index in [2.05, 4.69) is 52.6 Å². The normalized spacial score (nSPS) is 14.3. The molecule has 93 heavy (non-hydrogen) atoms. The van der Waals surface area contributed by atoms with Crippen LogP contribution in [-0.4, -0.2) is 222 Å². The Balaban J connectivity index is -0.00000105. The summed E-state index contributed by atoms with van der Waals surface area (Å²) in [6.07, 6.45) is 11.5. The molecule has 5 aliphatic rings. The van der Waals surface area contributed by atoms with Gasteiger partial charge in [0.15, 0.2) is 18.6 Å². The number of anilines is 4. The third kappa shape index (κ3) is 41.3. The fraction of sp³-hybridized carbons (Fsp3) is 0.593. The molecule has 0 spiro atoms. The zero-order valence-corrected chi connectivity index (χ0v) is 54.8. The van der Waals surface area contributed by atoms with Crippen LogP contribution in [0.2, 0.25) is 5.02 Å². The van der Waals surface area contributed by atoms with Crippen molar-refractivity contribution < 1.29 is 58.6 Å². The smallest absolute Gasteiger partial charge is 0.363 e. The number of aliphatic hydroxyl groups is 3. The summed E-state index contributed by atoms with van der Waals surface area (Å²) in [5, 5.41) is 63.6. The molecule has 0 aromatic carbocycles. The Kier molecular flexibility index (Phi) is 49.5. The number of rotatable bonds is 8. The van der Waals surface area contributed by atoms with Crippen LogP contribution in [0.3, 0.4) is 0 Å². The molecule has 9 heterocycles. The number of piperazine rings is 4. The Bertz CT molecular complexity index is 2680. The van der Waals surface area contributed by atoms with Gasteiger partial charge in [0.1, 0.15) is 17.0 Å². The minimum atomic E-state index is -0.573. The first kappa shape index (κ1) is 89.3. The molecule has 522 valence electrons. The van der Waals surface area contributed by atoms with Crippen LogP contribution in [0.25, 0.3) is 0 Å². The monoisotopic (exact) mass is 1350 g/mol. The number of nitrogens with zero attached hydrogens (tertiary/aromatic N) is 12. The Morgan fingerprint density at radius 2 is 0.978 bits per heavy atom. The summed E-state index contributed by atoms with van der Waals surface area (Å²) in [5.41, 5.74) is 7.42. The van der Waals surface area contributed by atoms with Crippen LogP contribution in [0.15, 0.2) is 73.3 Å². The molecule has 0 bridgehead atoms. The molecule has 0 unspecified atom stereocenters. The van der Waals surface area contributed by atoms with Gasteiger partial charge in [0.25, 0.3) is 0 Å². The fourth-order valence-electron chi connectivity index (χ4n) is 7.58. The minimum absolute atomic E-state index is 0. The van der Waals surface area contributed by atoms with E-state index >= 15 is 0 Å². The summed E-state index contributed by atoms with van der Waals surface area (Å²) in [4.78, 5) is 78.3. The average Bonchev–Trinajstić information content (AvgIpc) is 1.06. The second-order valence-electron chi connectivity index (χ2n) is 21.2. The van der Waals surface area contributed by atoms with E-state index in [1.165, 1.54) is 55.6 Å². The van der Waals surface area contributed by atoms with Crippen molar-refractivity contribution in [1.82, 2.24) is 45.7 Å². The van der Waals surface area contributed by atoms with Gasteiger partial charge in [0.05, 0.1) is 28.3 Å². The van der Waals surface area contributed by atoms with Gasteiger partial charge in [-0.1, -0.05) is 39.8 Å². The molecule has 4 aromatic rings. The molecule has 5 aliphatic heterocycles. The number of nitrogens with one attached hydrogen (secondary N) is 3. The Morgan fingerprint density at radius 1 is 0.624 bits per heavy atom. The molecule has 34 heteroatoms. The van der Waals surface area contributed by atoms with Crippen LogP contribution in [0, 0.1) is 42.3 Å². The Hall–Kier alpha value is -7.90. The van der Waals surface area contributed by atoms with Crippen molar-refractivity contribution in [2.45, 2.75) is 100 Å². The van der Waals surface area contributed by atoms with E-state index in [0.717, 1.165) is 116 Å². The molecule has 2 amide bonds. The van der Waals surface area contributed by atoms with E-state index in [9.17, 15) is 39.9 Å². The standard InChI is InChI=1S/C14H20N4O4.C14H22N4O2.C9H12N4O2.C5H3ClN2O2.C4H10N2.C4H8O.C4H10O.C2HBO2.CH4O.2CH4.ClH/c1-14(2,3)22-13(19)17-8-6-16(7-9-17)11-4-5-12(15-10-11)18(20)21;1-14(2,3)20-13(19)18-8-6-17(7-9-18)11-4-5-12(15)16-10-11;14-13(15)9-2-1-8(7-11-9)12-5-3-10-4-6-12;6-4-1-2-5(7-3-4)8(9)10;1-2-6-4-3-5-1;1-2-4-5-3-1;1-2-3-4-5;4-2-1-3-5;1-2;;;/h4-5,10H,6-9H2,1-3H3;4-5,10H,6-9H2,1-3H3,(H2,15,16);1-2,7,10H,3-6H2;1-3H;5-6H,1-4H2;1-4H2;5H,2-4H2,1H3;4H;2H,1H3;2*1H4;1H. The quantitative estimate of drug-likeness (QED) is 0.0397. The van der Waals surface area contributed by atoms with Crippen LogP contribution < -0.4 is 36.4 Å². The van der Waals surface area contributed by atoms with Gasteiger partial charge in [-0.2, -0.15) is 0 Å². The predicted octanol–water partition coefficient (Wildman–Crippen LogP) is 7.19. The van der Waals surface area contributed by atoms with E-state index in [-0.39, 0.29) is 56.9 Å². The number of hydrogen-bond acceptors (Lipinski definition) is 26. The van der Waals surface area contributed by atoms with Gasteiger partial charge < -0.3 is 101 Å². The molecule has 9 rings (SSSR count). The van der Waals surface area contributed by atoms with Crippen LogP contribution in [0.1, 0.15) is 89.0 Å². The number of aliphatic hydroxyl groups excluding tert-OH is 3. The third-order valence-corrected chi connectivity index (χ3v) is 12.2. The predicted molar refractivity (Wildman–Crippen MR) is 364 cm³/mol. The van der Waals surface area contributed by atoms with Crippen molar-refractivity contribution in [3.8, 4) is 11.9 Å². The number of amides is 2. The second kappa shape index (κ2) is 51.6. The Labute approximate surface area is 558 Å². The van der Waals surface area contributed by atoms with Gasteiger partial charge in [-0.15, -0.1) is 12.4 Å². The molecule has 4 aromatic heterocycles. The number of pyridine rings is 4. The number of ether oxygens (including phenoxy) is 3. The maximum Gasteiger partial charge on any atom is 0.363 e. The van der Waals surface area contributed by atoms with Crippen molar-refractivity contribution in [2.24, 2.45) is 0 Å². The first-order chi connectivity index (χ1) is 42.9. The SMILES string of the molecule is C.C.C1CCOC1.C1CNCCN1.CC(C)(C)OC(=O)N1CCN(c2ccc(N)nc2)CC1.CC(C)(C)OC(=O)N1CCN(c2ccc([N+](=O)[O-])nc2)CC1.CCCCO.CO.Cl.O=BC#CO.O=[N+]([O-])c1ccc(Cl)cn1.O=[N+]([O-])c1ccc(N2CCNCC2)cn1.